The van der Waals surface area contributed by atoms with E-state index in [1.807, 2.05) is 43.3 Å². The van der Waals surface area contributed by atoms with Gasteiger partial charge in [-0.1, -0.05) is 54.1 Å². The molecule has 3 rings (SSSR count). The number of ether oxygens (including phenoxy) is 1. The summed E-state index contributed by atoms with van der Waals surface area (Å²) in [5.41, 5.74) is 1.80. The van der Waals surface area contributed by atoms with Gasteiger partial charge in [0.15, 0.2) is 0 Å². The van der Waals surface area contributed by atoms with Crippen LogP contribution in [0, 0.1) is 11.3 Å². The molecule has 0 unspecified atom stereocenters. The Balaban J connectivity index is 1.72. The number of hydrogen-bond acceptors (Lipinski definition) is 4. The van der Waals surface area contributed by atoms with Crippen LogP contribution in [0.5, 0.6) is 5.75 Å². The maximum Gasteiger partial charge on any atom is 0.343 e. The van der Waals surface area contributed by atoms with E-state index in [-0.39, 0.29) is 11.6 Å². The molecule has 0 aromatic heterocycles. The molecule has 1 amide bonds. The second kappa shape index (κ2) is 10.2. The summed E-state index contributed by atoms with van der Waals surface area (Å²) >= 11 is 5.83. The predicted molar refractivity (Wildman–Crippen MR) is 119 cm³/mol. The molecule has 0 saturated carbocycles. The number of nitrogens with zero attached hydrogens (tertiary/aromatic N) is 1. The highest BCUT2D eigenvalue weighted by Crippen LogP contribution is 2.19. The number of rotatable bonds is 6. The van der Waals surface area contributed by atoms with Crippen molar-refractivity contribution >= 4 is 29.6 Å². The van der Waals surface area contributed by atoms with Gasteiger partial charge in [-0.3, -0.25) is 4.79 Å². The summed E-state index contributed by atoms with van der Waals surface area (Å²) in [7, 11) is 0. The van der Waals surface area contributed by atoms with E-state index >= 15 is 0 Å². The fourth-order valence-corrected chi connectivity index (χ4v) is 2.96. The topological polar surface area (TPSA) is 79.2 Å². The lowest BCUT2D eigenvalue weighted by molar-refractivity contribution is -0.117. The fraction of sp³-hybridized carbons (Fsp3) is 0.0800. The van der Waals surface area contributed by atoms with E-state index in [9.17, 15) is 14.9 Å². The van der Waals surface area contributed by atoms with Crippen LogP contribution in [0.15, 0.2) is 84.4 Å². The molecule has 154 valence electrons. The van der Waals surface area contributed by atoms with Crippen LogP contribution in [-0.2, 0) is 4.79 Å². The monoisotopic (exact) mass is 430 g/mol. The first-order valence-electron chi connectivity index (χ1n) is 9.51. The number of nitriles is 1. The van der Waals surface area contributed by atoms with E-state index in [1.165, 1.54) is 6.08 Å². The first kappa shape index (κ1) is 21.8. The highest BCUT2D eigenvalue weighted by molar-refractivity contribution is 6.30. The van der Waals surface area contributed by atoms with Gasteiger partial charge in [0.2, 0.25) is 0 Å². The van der Waals surface area contributed by atoms with Crippen molar-refractivity contribution in [2.45, 2.75) is 13.0 Å². The summed E-state index contributed by atoms with van der Waals surface area (Å²) in [4.78, 5) is 24.8. The summed E-state index contributed by atoms with van der Waals surface area (Å²) < 4.78 is 5.38. The van der Waals surface area contributed by atoms with Crippen molar-refractivity contribution in [3.05, 3.63) is 106 Å². The van der Waals surface area contributed by atoms with Crippen LogP contribution < -0.4 is 10.1 Å². The van der Waals surface area contributed by atoms with Crippen LogP contribution in [0.2, 0.25) is 5.02 Å². The maximum atomic E-state index is 12.5. The van der Waals surface area contributed by atoms with E-state index in [4.69, 9.17) is 16.3 Å². The van der Waals surface area contributed by atoms with Crippen molar-refractivity contribution in [2.24, 2.45) is 0 Å². The molecule has 1 N–H and O–H groups in total. The molecule has 3 aromatic carbocycles. The Morgan fingerprint density at radius 1 is 1.03 bits per heavy atom. The van der Waals surface area contributed by atoms with Gasteiger partial charge in [-0.25, -0.2) is 4.79 Å². The van der Waals surface area contributed by atoms with E-state index in [2.05, 4.69) is 5.32 Å². The molecular formula is C25H19ClN2O3. The van der Waals surface area contributed by atoms with Crippen molar-refractivity contribution in [2.75, 3.05) is 0 Å². The van der Waals surface area contributed by atoms with E-state index in [0.29, 0.717) is 21.9 Å². The van der Waals surface area contributed by atoms with Crippen molar-refractivity contribution in [3.63, 3.8) is 0 Å². The van der Waals surface area contributed by atoms with Gasteiger partial charge in [0.25, 0.3) is 5.91 Å². The molecule has 0 aliphatic rings. The average molecular weight is 431 g/mol. The molecule has 0 heterocycles. The molecule has 31 heavy (non-hydrogen) atoms. The Bertz CT molecular complexity index is 1150. The van der Waals surface area contributed by atoms with E-state index < -0.39 is 11.9 Å². The minimum Gasteiger partial charge on any atom is -0.423 e. The third-order valence-corrected chi connectivity index (χ3v) is 4.72. The van der Waals surface area contributed by atoms with Crippen LogP contribution in [0.3, 0.4) is 0 Å². The molecular weight excluding hydrogens is 412 g/mol. The Morgan fingerprint density at radius 3 is 2.42 bits per heavy atom. The zero-order valence-corrected chi connectivity index (χ0v) is 17.5. The fourth-order valence-electron chi connectivity index (χ4n) is 2.83. The number of hydrogen-bond donors (Lipinski definition) is 1. The summed E-state index contributed by atoms with van der Waals surface area (Å²) in [5, 5.41) is 12.8. The first-order valence-corrected chi connectivity index (χ1v) is 9.89. The number of halogens is 1. The molecule has 0 radical (unpaired) electrons. The number of carbonyl (C=O) groups excluding carboxylic acids is 2. The molecule has 5 nitrogen and oxygen atoms in total. The third-order valence-electron chi connectivity index (χ3n) is 4.47. The van der Waals surface area contributed by atoms with E-state index in [0.717, 1.165) is 5.56 Å². The number of nitrogens with one attached hydrogen (secondary N) is 1. The van der Waals surface area contributed by atoms with E-state index in [1.54, 1.807) is 48.5 Å². The summed E-state index contributed by atoms with van der Waals surface area (Å²) in [6, 6.07) is 24.1. The highest BCUT2D eigenvalue weighted by atomic mass is 35.5. The second-order valence-corrected chi connectivity index (χ2v) is 7.18. The minimum absolute atomic E-state index is 0.0519. The number of amides is 1. The van der Waals surface area contributed by atoms with Crippen LogP contribution in [0.4, 0.5) is 0 Å². The molecule has 6 heteroatoms. The normalized spacial score (nSPS) is 11.8. The Morgan fingerprint density at radius 2 is 1.74 bits per heavy atom. The van der Waals surface area contributed by atoms with Gasteiger partial charge < -0.3 is 10.1 Å². The lowest BCUT2D eigenvalue weighted by Crippen LogP contribution is -2.27. The van der Waals surface area contributed by atoms with Crippen LogP contribution in [0.1, 0.15) is 34.5 Å². The second-order valence-electron chi connectivity index (χ2n) is 6.74. The zero-order valence-electron chi connectivity index (χ0n) is 16.7. The number of carbonyl (C=O) groups is 2. The van der Waals surface area contributed by atoms with Crippen molar-refractivity contribution in [3.8, 4) is 11.8 Å². The van der Waals surface area contributed by atoms with Gasteiger partial charge >= 0.3 is 5.97 Å². The largest absolute Gasteiger partial charge is 0.423 e. The smallest absolute Gasteiger partial charge is 0.343 e. The third kappa shape index (κ3) is 6.05. The van der Waals surface area contributed by atoms with Crippen LogP contribution in [-0.4, -0.2) is 11.9 Å². The van der Waals surface area contributed by atoms with Crippen molar-refractivity contribution in [1.82, 2.24) is 5.32 Å². The predicted octanol–water partition coefficient (Wildman–Crippen LogP) is 5.34. The zero-order chi connectivity index (χ0) is 22.2. The number of benzene rings is 3. The highest BCUT2D eigenvalue weighted by Gasteiger charge is 2.14. The Kier molecular flexibility index (Phi) is 7.21. The van der Waals surface area contributed by atoms with Gasteiger partial charge in [-0.05, 0) is 60.5 Å². The number of esters is 1. The van der Waals surface area contributed by atoms with Crippen LogP contribution in [0.25, 0.3) is 6.08 Å². The lowest BCUT2D eigenvalue weighted by atomic mass is 10.1. The Labute approximate surface area is 185 Å². The van der Waals surface area contributed by atoms with Crippen LogP contribution >= 0.6 is 11.6 Å². The van der Waals surface area contributed by atoms with Gasteiger partial charge in [0.05, 0.1) is 11.6 Å². The Hall–Kier alpha value is -3.88. The van der Waals surface area contributed by atoms with Crippen molar-refractivity contribution in [1.29, 1.82) is 5.26 Å². The van der Waals surface area contributed by atoms with Gasteiger partial charge in [0, 0.05) is 5.02 Å². The molecule has 0 aliphatic carbocycles. The van der Waals surface area contributed by atoms with Gasteiger partial charge in [-0.15, -0.1) is 0 Å². The summed E-state index contributed by atoms with van der Waals surface area (Å²) in [6.07, 6.45) is 1.45. The van der Waals surface area contributed by atoms with Gasteiger partial charge in [0.1, 0.15) is 17.4 Å². The standard InChI is InChI=1S/C25H19ClN2O3/c1-17(19-7-3-2-4-8-19)28-24(29)21(16-27)14-18-6-5-9-23(15-18)31-25(30)20-10-12-22(26)13-11-20/h2-15,17H,1H3,(H,28,29)/b21-14+/t17-/m0/s1. The molecule has 0 bridgehead atoms. The molecule has 0 saturated heterocycles. The van der Waals surface area contributed by atoms with Gasteiger partial charge in [-0.2, -0.15) is 5.26 Å². The average Bonchev–Trinajstić information content (AvgIpc) is 2.78. The van der Waals surface area contributed by atoms with Crippen molar-refractivity contribution < 1.29 is 14.3 Å². The molecule has 1 atom stereocenters. The SMILES string of the molecule is C[C@H](NC(=O)/C(C#N)=C/c1cccc(OC(=O)c2ccc(Cl)cc2)c1)c1ccccc1. The summed E-state index contributed by atoms with van der Waals surface area (Å²) in [5.74, 6) is -0.723. The molecule has 0 spiro atoms. The maximum absolute atomic E-state index is 12.5. The summed E-state index contributed by atoms with van der Waals surface area (Å²) in [6.45, 7) is 1.85. The quantitative estimate of drug-likeness (QED) is 0.247. The molecule has 0 fully saturated rings. The lowest BCUT2D eigenvalue weighted by Gasteiger charge is -2.13. The minimum atomic E-state index is -0.535. The molecule has 3 aromatic rings. The molecule has 0 aliphatic heterocycles. The first-order chi connectivity index (χ1) is 15.0.